The quantitative estimate of drug-likeness (QED) is 0.0930. The van der Waals surface area contributed by atoms with Crippen LogP contribution in [0.4, 0.5) is 11.4 Å². The van der Waals surface area contributed by atoms with Crippen molar-refractivity contribution in [1.29, 1.82) is 0 Å². The first-order valence-electron chi connectivity index (χ1n) is 17.0. The normalized spacial score (nSPS) is 11.0. The monoisotopic (exact) mass is 648 g/mol. The van der Waals surface area contributed by atoms with Crippen molar-refractivity contribution in [3.05, 3.63) is 119 Å². The summed E-state index contributed by atoms with van der Waals surface area (Å²) in [4.78, 5) is 30.0. The Labute approximate surface area is 286 Å². The predicted molar refractivity (Wildman–Crippen MR) is 200 cm³/mol. The summed E-state index contributed by atoms with van der Waals surface area (Å²) < 4.78 is 0. The second-order valence-corrected chi connectivity index (χ2v) is 12.4. The third kappa shape index (κ3) is 11.9. The number of likely N-dealkylation sites (N-methyl/N-ethyl adjacent to an activating group) is 2. The Hall–Kier alpha value is -4.66. The van der Waals surface area contributed by atoms with Crippen LogP contribution < -0.4 is 21.3 Å². The summed E-state index contributed by atoms with van der Waals surface area (Å²) in [7, 11) is 8.10. The molecular formula is C40H52N6O2. The highest BCUT2D eigenvalue weighted by molar-refractivity contribution is 5.95. The van der Waals surface area contributed by atoms with Crippen LogP contribution in [-0.2, 0) is 12.8 Å². The Morgan fingerprint density at radius 3 is 1.19 bits per heavy atom. The van der Waals surface area contributed by atoms with Crippen molar-refractivity contribution in [2.45, 2.75) is 25.7 Å². The minimum Gasteiger partial charge on any atom is -0.388 e. The van der Waals surface area contributed by atoms with Gasteiger partial charge in [-0.25, -0.2) is 0 Å². The summed E-state index contributed by atoms with van der Waals surface area (Å²) in [5.74, 6) is -0.127. The minimum atomic E-state index is -0.0634. The van der Waals surface area contributed by atoms with E-state index in [-0.39, 0.29) is 11.8 Å². The molecule has 0 aromatic heterocycles. The topological polar surface area (TPSA) is 88.7 Å². The van der Waals surface area contributed by atoms with Gasteiger partial charge in [0.2, 0.25) is 0 Å². The number of nitrogens with zero attached hydrogens (tertiary/aromatic N) is 2. The molecule has 0 radical (unpaired) electrons. The molecule has 0 saturated carbocycles. The molecule has 0 aliphatic carbocycles. The third-order valence-corrected chi connectivity index (χ3v) is 8.68. The summed E-state index contributed by atoms with van der Waals surface area (Å²) in [5.41, 5.74) is 8.17. The zero-order chi connectivity index (χ0) is 34.1. The van der Waals surface area contributed by atoms with Gasteiger partial charge in [0, 0.05) is 62.8 Å². The molecule has 4 aromatic rings. The standard InChI is InChI=1S/C40H52N6O2/c1-41-37-19-7-31(8-20-37)23-29-45(3)27-5-25-43-39(47)35-15-11-33(12-16-35)34-13-17-36(18-14-34)40(48)44-26-6-28-46(4)30-24-32-9-21-38(42-2)22-10-32/h7-22,41-42H,5-6,23-30H2,1-4H3,(H,43,47)(H,44,48). The van der Waals surface area contributed by atoms with Gasteiger partial charge in [0.15, 0.2) is 0 Å². The smallest absolute Gasteiger partial charge is 0.251 e. The Balaban J connectivity index is 1.10. The molecule has 0 atom stereocenters. The SMILES string of the molecule is CNc1ccc(CCN(C)CCCNC(=O)c2ccc(-c3ccc(C(=O)NCCCN(C)CCc4ccc(NC)cc4)cc3)cc2)cc1. The van der Waals surface area contributed by atoms with E-state index < -0.39 is 0 Å². The van der Waals surface area contributed by atoms with Crippen LogP contribution in [0.5, 0.6) is 0 Å². The van der Waals surface area contributed by atoms with Crippen molar-refractivity contribution in [1.82, 2.24) is 20.4 Å². The first-order chi connectivity index (χ1) is 23.3. The highest BCUT2D eigenvalue weighted by atomic mass is 16.2. The number of carbonyl (C=O) groups is 2. The second kappa shape index (κ2) is 19.2. The Morgan fingerprint density at radius 2 is 0.854 bits per heavy atom. The maximum Gasteiger partial charge on any atom is 0.251 e. The van der Waals surface area contributed by atoms with Gasteiger partial charge in [-0.2, -0.15) is 0 Å². The van der Waals surface area contributed by atoms with E-state index in [1.54, 1.807) is 0 Å². The molecule has 0 unspecified atom stereocenters. The van der Waals surface area contributed by atoms with Crippen LogP contribution in [0.1, 0.15) is 44.7 Å². The summed E-state index contributed by atoms with van der Waals surface area (Å²) in [6.45, 7) is 5.07. The molecule has 4 rings (SSSR count). The van der Waals surface area contributed by atoms with E-state index in [9.17, 15) is 9.59 Å². The van der Waals surface area contributed by atoms with Crippen LogP contribution in [-0.4, -0.2) is 89.1 Å². The number of hydrogen-bond donors (Lipinski definition) is 4. The highest BCUT2D eigenvalue weighted by Gasteiger charge is 2.09. The van der Waals surface area contributed by atoms with E-state index in [0.717, 1.165) is 74.4 Å². The Bertz CT molecular complexity index is 1420. The number of amides is 2. The fourth-order valence-electron chi connectivity index (χ4n) is 5.47. The number of hydrogen-bond acceptors (Lipinski definition) is 6. The lowest BCUT2D eigenvalue weighted by Gasteiger charge is -2.17. The minimum absolute atomic E-state index is 0.0634. The van der Waals surface area contributed by atoms with Crippen LogP contribution in [0.15, 0.2) is 97.1 Å². The molecule has 0 spiro atoms. The maximum atomic E-state index is 12.7. The van der Waals surface area contributed by atoms with E-state index >= 15 is 0 Å². The van der Waals surface area contributed by atoms with Crippen molar-refractivity contribution in [3.8, 4) is 11.1 Å². The van der Waals surface area contributed by atoms with Crippen LogP contribution >= 0.6 is 0 Å². The highest BCUT2D eigenvalue weighted by Crippen LogP contribution is 2.21. The molecule has 0 saturated heterocycles. The van der Waals surface area contributed by atoms with Gasteiger partial charge in [-0.15, -0.1) is 0 Å². The van der Waals surface area contributed by atoms with Gasteiger partial charge >= 0.3 is 0 Å². The molecule has 0 aliphatic rings. The molecule has 0 aliphatic heterocycles. The van der Waals surface area contributed by atoms with Gasteiger partial charge in [-0.3, -0.25) is 9.59 Å². The van der Waals surface area contributed by atoms with E-state index in [2.05, 4.69) is 93.7 Å². The number of nitrogens with one attached hydrogen (secondary N) is 4. The van der Waals surface area contributed by atoms with Crippen molar-refractivity contribution >= 4 is 23.2 Å². The van der Waals surface area contributed by atoms with Gasteiger partial charge < -0.3 is 31.1 Å². The van der Waals surface area contributed by atoms with Gasteiger partial charge in [-0.1, -0.05) is 48.5 Å². The molecule has 0 fully saturated rings. The molecule has 4 aromatic carbocycles. The number of benzene rings is 4. The lowest BCUT2D eigenvalue weighted by atomic mass is 10.0. The lowest BCUT2D eigenvalue weighted by molar-refractivity contribution is 0.0944. The van der Waals surface area contributed by atoms with Crippen molar-refractivity contribution < 1.29 is 9.59 Å². The third-order valence-electron chi connectivity index (χ3n) is 8.68. The van der Waals surface area contributed by atoms with Crippen LogP contribution in [0.25, 0.3) is 11.1 Å². The Morgan fingerprint density at radius 1 is 0.500 bits per heavy atom. The summed E-state index contributed by atoms with van der Waals surface area (Å²) in [5, 5.41) is 12.4. The lowest BCUT2D eigenvalue weighted by Crippen LogP contribution is -2.29. The number of anilines is 2. The molecule has 8 nitrogen and oxygen atoms in total. The van der Waals surface area contributed by atoms with Gasteiger partial charge in [0.25, 0.3) is 11.8 Å². The van der Waals surface area contributed by atoms with Crippen molar-refractivity contribution in [2.24, 2.45) is 0 Å². The molecular weight excluding hydrogens is 596 g/mol. The van der Waals surface area contributed by atoms with Crippen molar-refractivity contribution in [2.75, 3.05) is 78.1 Å². The summed E-state index contributed by atoms with van der Waals surface area (Å²) in [6.07, 6.45) is 3.79. The second-order valence-electron chi connectivity index (χ2n) is 12.4. The number of rotatable bonds is 19. The molecule has 4 N–H and O–H groups in total. The average molecular weight is 649 g/mol. The fraction of sp³-hybridized carbons (Fsp3) is 0.350. The number of carbonyl (C=O) groups excluding carboxylic acids is 2. The zero-order valence-corrected chi connectivity index (χ0v) is 29.0. The van der Waals surface area contributed by atoms with E-state index in [1.165, 1.54) is 11.1 Å². The van der Waals surface area contributed by atoms with Gasteiger partial charge in [-0.05, 0) is 124 Å². The fourth-order valence-corrected chi connectivity index (χ4v) is 5.47. The largest absolute Gasteiger partial charge is 0.388 e. The molecule has 0 bridgehead atoms. The van der Waals surface area contributed by atoms with Crippen LogP contribution in [0.2, 0.25) is 0 Å². The first-order valence-corrected chi connectivity index (χ1v) is 17.0. The zero-order valence-electron chi connectivity index (χ0n) is 29.0. The van der Waals surface area contributed by atoms with E-state index in [4.69, 9.17) is 0 Å². The van der Waals surface area contributed by atoms with Crippen LogP contribution in [0.3, 0.4) is 0 Å². The summed E-state index contributed by atoms with van der Waals surface area (Å²) >= 11 is 0. The molecule has 8 heteroatoms. The predicted octanol–water partition coefficient (Wildman–Crippen LogP) is 6.03. The molecule has 48 heavy (non-hydrogen) atoms. The molecule has 254 valence electrons. The summed E-state index contributed by atoms with van der Waals surface area (Å²) in [6, 6.07) is 32.3. The first kappa shape index (κ1) is 36.2. The molecule has 2 amide bonds. The molecule has 0 heterocycles. The maximum absolute atomic E-state index is 12.7. The van der Waals surface area contributed by atoms with Crippen molar-refractivity contribution in [3.63, 3.8) is 0 Å². The average Bonchev–Trinajstić information content (AvgIpc) is 3.13. The van der Waals surface area contributed by atoms with Gasteiger partial charge in [0.05, 0.1) is 0 Å². The van der Waals surface area contributed by atoms with Gasteiger partial charge in [0.1, 0.15) is 0 Å². The van der Waals surface area contributed by atoms with E-state index in [1.807, 2.05) is 62.6 Å². The van der Waals surface area contributed by atoms with Crippen LogP contribution in [0, 0.1) is 0 Å². The van der Waals surface area contributed by atoms with E-state index in [0.29, 0.717) is 24.2 Å². The Kier molecular flexibility index (Phi) is 14.5.